The minimum atomic E-state index is -0.288. The zero-order valence-corrected chi connectivity index (χ0v) is 17.6. The molecule has 1 amide bonds. The molecule has 30 heavy (non-hydrogen) atoms. The van der Waals surface area contributed by atoms with Crippen molar-refractivity contribution in [3.63, 3.8) is 0 Å². The van der Waals surface area contributed by atoms with Crippen LogP contribution in [0.4, 0.5) is 11.4 Å². The molecule has 0 radical (unpaired) electrons. The molecule has 0 unspecified atom stereocenters. The number of para-hydroxylation sites is 1. The number of fused-ring (bicyclic) bond motifs is 1. The molecule has 1 aliphatic heterocycles. The smallest absolute Gasteiger partial charge is 0.262 e. The second-order valence-corrected chi connectivity index (χ2v) is 7.73. The molecule has 3 aromatic carbocycles. The second kappa shape index (κ2) is 9.04. The van der Waals surface area contributed by atoms with E-state index in [0.717, 1.165) is 41.3 Å². The van der Waals surface area contributed by atoms with Gasteiger partial charge < -0.3 is 10.1 Å². The van der Waals surface area contributed by atoms with Crippen LogP contribution in [-0.2, 0) is 0 Å². The fourth-order valence-electron chi connectivity index (χ4n) is 3.75. The minimum absolute atomic E-state index is 0.00176. The number of hydrogen-bond donors (Lipinski definition) is 1. The van der Waals surface area contributed by atoms with E-state index in [-0.39, 0.29) is 12.1 Å². The van der Waals surface area contributed by atoms with Gasteiger partial charge in [0, 0.05) is 11.4 Å². The fraction of sp³-hybridized carbons (Fsp3) is 0.269. The van der Waals surface area contributed by atoms with Crippen molar-refractivity contribution in [2.45, 2.75) is 39.3 Å². The Hall–Kier alpha value is -3.27. The van der Waals surface area contributed by atoms with Crippen LogP contribution in [0.1, 0.15) is 53.8 Å². The summed E-state index contributed by atoms with van der Waals surface area (Å²) in [5, 5.41) is 3.55. The molecule has 0 spiro atoms. The Morgan fingerprint density at radius 3 is 2.40 bits per heavy atom. The molecule has 0 aliphatic carbocycles. The normalized spacial score (nSPS) is 15.5. The lowest BCUT2D eigenvalue weighted by molar-refractivity contribution is 0.0975. The zero-order valence-electron chi connectivity index (χ0n) is 17.6. The maximum absolute atomic E-state index is 13.4. The summed E-state index contributed by atoms with van der Waals surface area (Å²) in [7, 11) is 0. The Kier molecular flexibility index (Phi) is 6.03. The van der Waals surface area contributed by atoms with Crippen LogP contribution in [0.3, 0.4) is 0 Å². The van der Waals surface area contributed by atoms with Gasteiger partial charge in [-0.25, -0.2) is 0 Å². The van der Waals surface area contributed by atoms with E-state index in [4.69, 9.17) is 4.74 Å². The summed E-state index contributed by atoms with van der Waals surface area (Å²) in [6.07, 6.45) is 3.13. The molecular weight excluding hydrogens is 372 g/mol. The van der Waals surface area contributed by atoms with E-state index in [1.807, 2.05) is 84.6 Å². The van der Waals surface area contributed by atoms with Gasteiger partial charge in [0.05, 0.1) is 12.2 Å². The van der Waals surface area contributed by atoms with Crippen molar-refractivity contribution in [2.24, 2.45) is 0 Å². The number of aryl methyl sites for hydroxylation is 1. The highest BCUT2D eigenvalue weighted by Crippen LogP contribution is 2.37. The van der Waals surface area contributed by atoms with Gasteiger partial charge in [0.1, 0.15) is 11.9 Å². The monoisotopic (exact) mass is 400 g/mol. The van der Waals surface area contributed by atoms with Gasteiger partial charge >= 0.3 is 0 Å². The standard InChI is InChI=1S/C26H28N2O2/c1-3-4-7-18-30-22-16-12-20(13-17-22)25-27-24-9-6-5-8-23(24)26(29)28(25)21-14-10-19(2)11-15-21/h5-6,8-17,25,27H,3-4,7,18H2,1-2H3/t25-/m0/s1. The molecule has 1 N–H and O–H groups in total. The topological polar surface area (TPSA) is 41.6 Å². The number of carbonyl (C=O) groups excluding carboxylic acids is 1. The maximum atomic E-state index is 13.4. The number of nitrogens with zero attached hydrogens (tertiary/aromatic N) is 1. The van der Waals surface area contributed by atoms with Gasteiger partial charge in [-0.05, 0) is 55.3 Å². The van der Waals surface area contributed by atoms with Crippen LogP contribution < -0.4 is 15.0 Å². The van der Waals surface area contributed by atoms with Crippen molar-refractivity contribution < 1.29 is 9.53 Å². The lowest BCUT2D eigenvalue weighted by Gasteiger charge is -2.38. The predicted octanol–water partition coefficient (Wildman–Crippen LogP) is 6.34. The van der Waals surface area contributed by atoms with Crippen LogP contribution in [0.25, 0.3) is 0 Å². The Labute approximate surface area is 178 Å². The van der Waals surface area contributed by atoms with E-state index in [2.05, 4.69) is 12.2 Å². The average molecular weight is 401 g/mol. The number of ether oxygens (including phenoxy) is 1. The van der Waals surface area contributed by atoms with E-state index >= 15 is 0 Å². The van der Waals surface area contributed by atoms with Gasteiger partial charge in [0.15, 0.2) is 0 Å². The molecular formula is C26H28N2O2. The highest BCUT2D eigenvalue weighted by Gasteiger charge is 2.33. The molecule has 0 fully saturated rings. The molecule has 0 bridgehead atoms. The number of rotatable bonds is 7. The second-order valence-electron chi connectivity index (χ2n) is 7.73. The van der Waals surface area contributed by atoms with Gasteiger partial charge in [-0.2, -0.15) is 0 Å². The third-order valence-corrected chi connectivity index (χ3v) is 5.45. The number of nitrogens with one attached hydrogen (secondary N) is 1. The third kappa shape index (κ3) is 4.18. The first-order chi connectivity index (χ1) is 14.7. The Morgan fingerprint density at radius 1 is 0.933 bits per heavy atom. The largest absolute Gasteiger partial charge is 0.494 e. The van der Waals surface area contributed by atoms with Crippen molar-refractivity contribution in [1.82, 2.24) is 0 Å². The molecule has 0 saturated heterocycles. The van der Waals surface area contributed by atoms with E-state index in [0.29, 0.717) is 5.56 Å². The van der Waals surface area contributed by atoms with Crippen LogP contribution in [0, 0.1) is 6.92 Å². The fourth-order valence-corrected chi connectivity index (χ4v) is 3.75. The molecule has 1 aliphatic rings. The van der Waals surface area contributed by atoms with E-state index < -0.39 is 0 Å². The van der Waals surface area contributed by atoms with E-state index in [1.165, 1.54) is 12.8 Å². The molecule has 4 rings (SSSR count). The first-order valence-electron chi connectivity index (χ1n) is 10.7. The van der Waals surface area contributed by atoms with Crippen molar-refractivity contribution in [3.05, 3.63) is 89.5 Å². The number of amides is 1. The highest BCUT2D eigenvalue weighted by molar-refractivity contribution is 6.12. The first-order valence-corrected chi connectivity index (χ1v) is 10.7. The summed E-state index contributed by atoms with van der Waals surface area (Å²) >= 11 is 0. The van der Waals surface area contributed by atoms with Crippen LogP contribution >= 0.6 is 0 Å². The van der Waals surface area contributed by atoms with Crippen LogP contribution in [0.5, 0.6) is 5.75 Å². The first kappa shape index (κ1) is 20.0. The number of hydrogen-bond acceptors (Lipinski definition) is 3. The summed E-state index contributed by atoms with van der Waals surface area (Å²) in [5.74, 6) is 0.859. The van der Waals surface area contributed by atoms with Gasteiger partial charge in [0.25, 0.3) is 5.91 Å². The number of anilines is 2. The van der Waals surface area contributed by atoms with Crippen LogP contribution in [0.2, 0.25) is 0 Å². The quantitative estimate of drug-likeness (QED) is 0.471. The summed E-state index contributed by atoms with van der Waals surface area (Å²) in [6, 6.07) is 23.8. The highest BCUT2D eigenvalue weighted by atomic mass is 16.5. The Bertz CT molecular complexity index is 996. The minimum Gasteiger partial charge on any atom is -0.494 e. The lowest BCUT2D eigenvalue weighted by atomic mass is 10.0. The third-order valence-electron chi connectivity index (χ3n) is 5.45. The van der Waals surface area contributed by atoms with Gasteiger partial charge in [-0.1, -0.05) is 61.7 Å². The Balaban J connectivity index is 1.64. The number of benzene rings is 3. The zero-order chi connectivity index (χ0) is 20.9. The summed E-state index contributed by atoms with van der Waals surface area (Å²) < 4.78 is 5.85. The van der Waals surface area contributed by atoms with Gasteiger partial charge in [0.2, 0.25) is 0 Å². The number of carbonyl (C=O) groups is 1. The SMILES string of the molecule is CCCCCOc1ccc([C@H]2Nc3ccccc3C(=O)N2c2ccc(C)cc2)cc1. The summed E-state index contributed by atoms with van der Waals surface area (Å²) in [4.78, 5) is 15.2. The van der Waals surface area contributed by atoms with Crippen LogP contribution in [0.15, 0.2) is 72.8 Å². The van der Waals surface area contributed by atoms with Crippen molar-refractivity contribution >= 4 is 17.3 Å². The molecule has 0 saturated carbocycles. The molecule has 0 aromatic heterocycles. The van der Waals surface area contributed by atoms with Crippen molar-refractivity contribution in [1.29, 1.82) is 0 Å². The molecule has 1 heterocycles. The maximum Gasteiger partial charge on any atom is 0.262 e. The van der Waals surface area contributed by atoms with Crippen molar-refractivity contribution in [3.8, 4) is 5.75 Å². The predicted molar refractivity (Wildman–Crippen MR) is 122 cm³/mol. The summed E-state index contributed by atoms with van der Waals surface area (Å²) in [5.41, 5.74) is 4.59. The lowest BCUT2D eigenvalue weighted by Crippen LogP contribution is -2.43. The van der Waals surface area contributed by atoms with Gasteiger partial charge in [-0.3, -0.25) is 9.69 Å². The van der Waals surface area contributed by atoms with E-state index in [9.17, 15) is 4.79 Å². The average Bonchev–Trinajstić information content (AvgIpc) is 2.78. The molecule has 154 valence electrons. The Morgan fingerprint density at radius 2 is 1.67 bits per heavy atom. The van der Waals surface area contributed by atoms with Crippen molar-refractivity contribution in [2.75, 3.05) is 16.8 Å². The molecule has 3 aromatic rings. The summed E-state index contributed by atoms with van der Waals surface area (Å²) in [6.45, 7) is 4.97. The molecule has 4 nitrogen and oxygen atoms in total. The van der Waals surface area contributed by atoms with Crippen LogP contribution in [-0.4, -0.2) is 12.5 Å². The number of unbranched alkanes of at least 4 members (excludes halogenated alkanes) is 2. The van der Waals surface area contributed by atoms with E-state index in [1.54, 1.807) is 0 Å². The van der Waals surface area contributed by atoms with Gasteiger partial charge in [-0.15, -0.1) is 0 Å². The molecule has 1 atom stereocenters. The molecule has 4 heteroatoms.